The molecule has 0 spiro atoms. The maximum Gasteiger partial charge on any atom is 0.0855 e. The van der Waals surface area contributed by atoms with E-state index in [1.54, 1.807) is 0 Å². The van der Waals surface area contributed by atoms with E-state index in [0.29, 0.717) is 12.1 Å². The Morgan fingerprint density at radius 1 is 1.15 bits per heavy atom. The van der Waals surface area contributed by atoms with Gasteiger partial charge in [-0.3, -0.25) is 4.99 Å². The van der Waals surface area contributed by atoms with Crippen molar-refractivity contribution in [2.45, 2.75) is 59.5 Å². The van der Waals surface area contributed by atoms with E-state index in [4.69, 9.17) is 0 Å². The monoisotopic (exact) mass is 184 g/mol. The van der Waals surface area contributed by atoms with Gasteiger partial charge in [-0.1, -0.05) is 13.8 Å². The van der Waals surface area contributed by atoms with Crippen molar-refractivity contribution < 1.29 is 0 Å². The molecule has 0 rings (SSSR count). The summed E-state index contributed by atoms with van der Waals surface area (Å²) >= 11 is 0. The highest BCUT2D eigenvalue weighted by Crippen LogP contribution is 2.01. The fraction of sp³-hybridized carbons (Fsp3) is 0.909. The summed E-state index contributed by atoms with van der Waals surface area (Å²) in [5, 5.41) is 0. The second-order valence-corrected chi connectivity index (χ2v) is 3.61. The molecular weight excluding hydrogens is 160 g/mol. The first-order valence-corrected chi connectivity index (χ1v) is 5.44. The third-order valence-corrected chi connectivity index (χ3v) is 2.58. The fourth-order valence-corrected chi connectivity index (χ4v) is 1.05. The van der Waals surface area contributed by atoms with Gasteiger partial charge < -0.3 is 4.90 Å². The lowest BCUT2D eigenvalue weighted by Crippen LogP contribution is -2.31. The van der Waals surface area contributed by atoms with Crippen LogP contribution in [0.3, 0.4) is 0 Å². The van der Waals surface area contributed by atoms with Crippen LogP contribution in [-0.4, -0.2) is 29.9 Å². The first-order chi connectivity index (χ1) is 6.15. The van der Waals surface area contributed by atoms with Gasteiger partial charge in [0.1, 0.15) is 0 Å². The zero-order chi connectivity index (χ0) is 10.3. The SMILES string of the molecule is CCC(C)N=CN(CC)C(C)CC. The zero-order valence-electron chi connectivity index (χ0n) is 9.75. The molecule has 78 valence electrons. The smallest absolute Gasteiger partial charge is 0.0855 e. The van der Waals surface area contributed by atoms with E-state index >= 15 is 0 Å². The normalized spacial score (nSPS) is 16.1. The summed E-state index contributed by atoms with van der Waals surface area (Å²) < 4.78 is 0. The number of rotatable bonds is 6. The molecule has 0 aliphatic carbocycles. The first kappa shape index (κ1) is 12.5. The second-order valence-electron chi connectivity index (χ2n) is 3.61. The van der Waals surface area contributed by atoms with E-state index in [1.165, 1.54) is 6.42 Å². The Bertz CT molecular complexity index is 143. The molecule has 2 heteroatoms. The van der Waals surface area contributed by atoms with Gasteiger partial charge in [-0.15, -0.1) is 0 Å². The van der Waals surface area contributed by atoms with Gasteiger partial charge in [0, 0.05) is 18.6 Å². The summed E-state index contributed by atoms with van der Waals surface area (Å²) in [6.07, 6.45) is 4.32. The summed E-state index contributed by atoms with van der Waals surface area (Å²) in [5.74, 6) is 0. The van der Waals surface area contributed by atoms with Crippen LogP contribution in [0.2, 0.25) is 0 Å². The van der Waals surface area contributed by atoms with E-state index in [9.17, 15) is 0 Å². The zero-order valence-corrected chi connectivity index (χ0v) is 9.75. The van der Waals surface area contributed by atoms with Crippen molar-refractivity contribution in [1.82, 2.24) is 4.90 Å². The minimum Gasteiger partial charge on any atom is -0.361 e. The molecule has 0 saturated carbocycles. The van der Waals surface area contributed by atoms with E-state index in [-0.39, 0.29) is 0 Å². The van der Waals surface area contributed by atoms with Crippen LogP contribution in [0.1, 0.15) is 47.5 Å². The summed E-state index contributed by atoms with van der Waals surface area (Å²) in [6, 6.07) is 1.07. The van der Waals surface area contributed by atoms with Crippen molar-refractivity contribution in [1.29, 1.82) is 0 Å². The van der Waals surface area contributed by atoms with Gasteiger partial charge >= 0.3 is 0 Å². The van der Waals surface area contributed by atoms with Gasteiger partial charge in [-0.05, 0) is 33.6 Å². The minimum atomic E-state index is 0.457. The molecule has 0 N–H and O–H groups in total. The van der Waals surface area contributed by atoms with Gasteiger partial charge in [-0.2, -0.15) is 0 Å². The number of nitrogens with zero attached hydrogens (tertiary/aromatic N) is 2. The maximum absolute atomic E-state index is 4.48. The van der Waals surface area contributed by atoms with Gasteiger partial charge in [0.2, 0.25) is 0 Å². The van der Waals surface area contributed by atoms with Crippen molar-refractivity contribution in [2.75, 3.05) is 6.54 Å². The first-order valence-electron chi connectivity index (χ1n) is 5.44. The molecule has 0 saturated heterocycles. The lowest BCUT2D eigenvalue weighted by atomic mass is 10.2. The fourth-order valence-electron chi connectivity index (χ4n) is 1.05. The van der Waals surface area contributed by atoms with Crippen molar-refractivity contribution in [3.05, 3.63) is 0 Å². The Morgan fingerprint density at radius 3 is 2.15 bits per heavy atom. The molecule has 0 amide bonds. The van der Waals surface area contributed by atoms with Crippen molar-refractivity contribution >= 4 is 6.34 Å². The molecule has 0 aliphatic heterocycles. The van der Waals surface area contributed by atoms with Crippen LogP contribution < -0.4 is 0 Å². The lowest BCUT2D eigenvalue weighted by Gasteiger charge is -2.24. The van der Waals surface area contributed by atoms with Crippen LogP contribution in [0.25, 0.3) is 0 Å². The van der Waals surface area contributed by atoms with Gasteiger partial charge in [0.25, 0.3) is 0 Å². The maximum atomic E-state index is 4.48. The Balaban J connectivity index is 4.03. The Kier molecular flexibility index (Phi) is 6.65. The van der Waals surface area contributed by atoms with E-state index < -0.39 is 0 Å². The highest BCUT2D eigenvalue weighted by atomic mass is 15.2. The average Bonchev–Trinajstić information content (AvgIpc) is 2.17. The van der Waals surface area contributed by atoms with Gasteiger partial charge in [0.15, 0.2) is 0 Å². The van der Waals surface area contributed by atoms with Crippen LogP contribution >= 0.6 is 0 Å². The molecule has 0 aromatic rings. The molecule has 0 fully saturated rings. The van der Waals surface area contributed by atoms with Crippen LogP contribution in [0.4, 0.5) is 0 Å². The van der Waals surface area contributed by atoms with Crippen molar-refractivity contribution in [3.63, 3.8) is 0 Å². The molecule has 2 unspecified atom stereocenters. The molecule has 2 nitrogen and oxygen atoms in total. The van der Waals surface area contributed by atoms with Crippen molar-refractivity contribution in [2.24, 2.45) is 4.99 Å². The molecule has 0 aromatic carbocycles. The lowest BCUT2D eigenvalue weighted by molar-refractivity contribution is 0.344. The minimum absolute atomic E-state index is 0.457. The molecule has 0 radical (unpaired) electrons. The number of hydrogen-bond acceptors (Lipinski definition) is 1. The van der Waals surface area contributed by atoms with Crippen LogP contribution in [0, 0.1) is 0 Å². The van der Waals surface area contributed by atoms with Gasteiger partial charge in [-0.25, -0.2) is 0 Å². The summed E-state index contributed by atoms with van der Waals surface area (Å²) in [6.45, 7) is 12.0. The summed E-state index contributed by atoms with van der Waals surface area (Å²) in [4.78, 5) is 6.78. The summed E-state index contributed by atoms with van der Waals surface area (Å²) in [5.41, 5.74) is 0. The average molecular weight is 184 g/mol. The third kappa shape index (κ3) is 4.91. The molecule has 0 aliphatic rings. The predicted octanol–water partition coefficient (Wildman–Crippen LogP) is 2.93. The van der Waals surface area contributed by atoms with E-state index in [2.05, 4.69) is 44.5 Å². The molecule has 13 heavy (non-hydrogen) atoms. The molecule has 2 atom stereocenters. The number of aliphatic imine (C=N–C) groups is 1. The largest absolute Gasteiger partial charge is 0.361 e. The van der Waals surface area contributed by atoms with Crippen LogP contribution in [0.15, 0.2) is 4.99 Å². The van der Waals surface area contributed by atoms with E-state index in [1.807, 2.05) is 6.34 Å². The Morgan fingerprint density at radius 2 is 1.77 bits per heavy atom. The molecule has 0 bridgehead atoms. The van der Waals surface area contributed by atoms with E-state index in [0.717, 1.165) is 13.0 Å². The standard InChI is InChI=1S/C11H24N2/c1-6-10(4)12-9-13(8-3)11(5)7-2/h9-11H,6-8H2,1-5H3. The van der Waals surface area contributed by atoms with Crippen LogP contribution in [-0.2, 0) is 0 Å². The molecule has 0 heterocycles. The summed E-state index contributed by atoms with van der Waals surface area (Å²) in [7, 11) is 0. The van der Waals surface area contributed by atoms with Gasteiger partial charge in [0.05, 0.1) is 6.34 Å². The predicted molar refractivity (Wildman–Crippen MR) is 60.4 cm³/mol. The quantitative estimate of drug-likeness (QED) is 0.458. The number of hydrogen-bond donors (Lipinski definition) is 0. The van der Waals surface area contributed by atoms with Crippen LogP contribution in [0.5, 0.6) is 0 Å². The second kappa shape index (κ2) is 6.93. The molecular formula is C11H24N2. The molecule has 0 aromatic heterocycles. The third-order valence-electron chi connectivity index (χ3n) is 2.58. The topological polar surface area (TPSA) is 15.6 Å². The van der Waals surface area contributed by atoms with Crippen molar-refractivity contribution in [3.8, 4) is 0 Å². The Labute approximate surface area is 83.0 Å². The highest BCUT2D eigenvalue weighted by molar-refractivity contribution is 5.55. The Hall–Kier alpha value is -0.530. The highest BCUT2D eigenvalue weighted by Gasteiger charge is 2.05.